The van der Waals surface area contributed by atoms with Crippen LogP contribution in [0.3, 0.4) is 0 Å². The Morgan fingerprint density at radius 2 is 2.05 bits per heavy atom. The molecule has 0 aliphatic heterocycles. The van der Waals surface area contributed by atoms with Gasteiger partial charge in [-0.3, -0.25) is 0 Å². The molecule has 11 heteroatoms. The number of carboxylic acid groups (broad SMARTS) is 1. The van der Waals surface area contributed by atoms with E-state index in [4.69, 9.17) is 5.11 Å². The fraction of sp³-hybridized carbons (Fsp3) is 0.500. The zero-order valence-electron chi connectivity index (χ0n) is 10.6. The van der Waals surface area contributed by atoms with Gasteiger partial charge in [0.05, 0.1) is 0 Å². The van der Waals surface area contributed by atoms with Gasteiger partial charge in [-0.15, -0.1) is 0 Å². The zero-order chi connectivity index (χ0) is 16.4. The SMILES string of the molecule is CCCN(CC(F)(F)F)S(=O)(=O)c1cc(C(=O)O)oc1Br. The molecule has 0 bridgehead atoms. The Morgan fingerprint density at radius 3 is 2.43 bits per heavy atom. The molecule has 21 heavy (non-hydrogen) atoms. The fourth-order valence-electron chi connectivity index (χ4n) is 1.51. The van der Waals surface area contributed by atoms with Gasteiger partial charge in [-0.25, -0.2) is 13.2 Å². The highest BCUT2D eigenvalue weighted by molar-refractivity contribution is 9.10. The smallest absolute Gasteiger partial charge is 0.402 e. The molecule has 0 aromatic carbocycles. The monoisotopic (exact) mass is 393 g/mol. The molecule has 120 valence electrons. The van der Waals surface area contributed by atoms with Crippen molar-refractivity contribution in [3.05, 3.63) is 16.5 Å². The van der Waals surface area contributed by atoms with Crippen molar-refractivity contribution in [2.24, 2.45) is 0 Å². The number of alkyl halides is 3. The van der Waals surface area contributed by atoms with Gasteiger partial charge >= 0.3 is 12.1 Å². The van der Waals surface area contributed by atoms with Gasteiger partial charge in [0.1, 0.15) is 11.4 Å². The van der Waals surface area contributed by atoms with Gasteiger partial charge in [0.2, 0.25) is 15.8 Å². The van der Waals surface area contributed by atoms with E-state index in [0.717, 1.165) is 0 Å². The lowest BCUT2D eigenvalue weighted by atomic mass is 10.5. The summed E-state index contributed by atoms with van der Waals surface area (Å²) in [6.45, 7) is -0.503. The Bertz CT molecular complexity index is 625. The summed E-state index contributed by atoms with van der Waals surface area (Å²) < 4.78 is 66.2. The highest BCUT2D eigenvalue weighted by atomic mass is 79.9. The number of carbonyl (C=O) groups is 1. The molecule has 1 rings (SSSR count). The molecule has 0 spiro atoms. The van der Waals surface area contributed by atoms with Crippen LogP contribution in [0.2, 0.25) is 0 Å². The van der Waals surface area contributed by atoms with Crippen LogP contribution in [-0.2, 0) is 10.0 Å². The molecule has 1 aromatic rings. The van der Waals surface area contributed by atoms with Crippen LogP contribution < -0.4 is 0 Å². The van der Waals surface area contributed by atoms with Gasteiger partial charge in [0.15, 0.2) is 4.67 Å². The Labute approximate surface area is 126 Å². The van der Waals surface area contributed by atoms with E-state index in [0.29, 0.717) is 6.07 Å². The number of halogens is 4. The number of nitrogens with zero attached hydrogens (tertiary/aromatic N) is 1. The van der Waals surface area contributed by atoms with Gasteiger partial charge in [0.25, 0.3) is 0 Å². The van der Waals surface area contributed by atoms with Crippen LogP contribution in [0.15, 0.2) is 20.0 Å². The van der Waals surface area contributed by atoms with Crippen LogP contribution in [0.4, 0.5) is 13.2 Å². The van der Waals surface area contributed by atoms with Crippen molar-refractivity contribution < 1.29 is 35.9 Å². The Hall–Kier alpha value is -1.07. The third-order valence-electron chi connectivity index (χ3n) is 2.31. The maximum Gasteiger partial charge on any atom is 0.402 e. The first-order valence-electron chi connectivity index (χ1n) is 5.58. The summed E-state index contributed by atoms with van der Waals surface area (Å²) in [5, 5.41) is 8.71. The minimum atomic E-state index is -4.71. The molecule has 0 aliphatic carbocycles. The van der Waals surface area contributed by atoms with E-state index in [1.54, 1.807) is 0 Å². The van der Waals surface area contributed by atoms with E-state index in [9.17, 15) is 26.4 Å². The number of rotatable bonds is 6. The van der Waals surface area contributed by atoms with Gasteiger partial charge < -0.3 is 9.52 Å². The zero-order valence-corrected chi connectivity index (χ0v) is 13.0. The fourth-order valence-corrected chi connectivity index (χ4v) is 3.93. The number of sulfonamides is 1. The van der Waals surface area contributed by atoms with Gasteiger partial charge in [-0.1, -0.05) is 6.92 Å². The summed E-state index contributed by atoms with van der Waals surface area (Å²) in [5.41, 5.74) is 0. The van der Waals surface area contributed by atoms with Crippen molar-refractivity contribution in [3.63, 3.8) is 0 Å². The molecule has 0 saturated carbocycles. The van der Waals surface area contributed by atoms with Crippen LogP contribution in [-0.4, -0.2) is 43.1 Å². The molecule has 1 heterocycles. The molecule has 0 saturated heterocycles. The molecule has 0 aliphatic rings. The first-order valence-corrected chi connectivity index (χ1v) is 7.82. The average molecular weight is 394 g/mol. The quantitative estimate of drug-likeness (QED) is 0.802. The van der Waals surface area contributed by atoms with E-state index in [-0.39, 0.29) is 17.3 Å². The maximum absolute atomic E-state index is 12.5. The number of aromatic carboxylic acids is 1. The van der Waals surface area contributed by atoms with Gasteiger partial charge in [-0.2, -0.15) is 17.5 Å². The van der Waals surface area contributed by atoms with Crippen LogP contribution in [0.1, 0.15) is 23.9 Å². The first-order chi connectivity index (χ1) is 9.49. The average Bonchev–Trinajstić information content (AvgIpc) is 2.70. The number of hydrogen-bond donors (Lipinski definition) is 1. The van der Waals surface area contributed by atoms with E-state index in [1.165, 1.54) is 6.92 Å². The first kappa shape index (κ1) is 18.0. The third-order valence-corrected chi connectivity index (χ3v) is 5.01. The second kappa shape index (κ2) is 6.36. The van der Waals surface area contributed by atoms with E-state index in [1.807, 2.05) is 0 Å². The molecule has 0 amide bonds. The summed E-state index contributed by atoms with van der Waals surface area (Å²) in [7, 11) is -4.53. The normalized spacial score (nSPS) is 12.9. The van der Waals surface area contributed by atoms with Crippen molar-refractivity contribution in [1.29, 1.82) is 0 Å². The van der Waals surface area contributed by atoms with E-state index >= 15 is 0 Å². The van der Waals surface area contributed by atoms with Gasteiger partial charge in [0, 0.05) is 12.6 Å². The Balaban J connectivity index is 3.25. The summed E-state index contributed by atoms with van der Waals surface area (Å²) in [6.07, 6.45) is -4.55. The van der Waals surface area contributed by atoms with Crippen LogP contribution >= 0.6 is 15.9 Å². The molecule has 1 aromatic heterocycles. The van der Waals surface area contributed by atoms with Crippen LogP contribution in [0.25, 0.3) is 0 Å². The largest absolute Gasteiger partial charge is 0.475 e. The minimum absolute atomic E-state index is 0.163. The van der Waals surface area contributed by atoms with E-state index < -0.39 is 44.0 Å². The second-order valence-electron chi connectivity index (χ2n) is 4.01. The van der Waals surface area contributed by atoms with Crippen LogP contribution in [0.5, 0.6) is 0 Å². The molecular formula is C10H11BrF3NO5S. The Kier molecular flexibility index (Phi) is 5.45. The Morgan fingerprint density at radius 1 is 1.48 bits per heavy atom. The second-order valence-corrected chi connectivity index (χ2v) is 6.63. The summed E-state index contributed by atoms with van der Waals surface area (Å²) in [5.74, 6) is -2.22. The lowest BCUT2D eigenvalue weighted by Gasteiger charge is -2.22. The summed E-state index contributed by atoms with van der Waals surface area (Å²) in [6, 6.07) is 0.667. The summed E-state index contributed by atoms with van der Waals surface area (Å²) >= 11 is 2.70. The lowest BCUT2D eigenvalue weighted by Crippen LogP contribution is -2.39. The predicted molar refractivity (Wildman–Crippen MR) is 68.5 cm³/mol. The molecular weight excluding hydrogens is 383 g/mol. The molecule has 0 fully saturated rings. The molecule has 0 unspecified atom stereocenters. The van der Waals surface area contributed by atoms with Crippen molar-refractivity contribution in [1.82, 2.24) is 4.31 Å². The maximum atomic E-state index is 12.5. The molecule has 0 atom stereocenters. The van der Waals surface area contributed by atoms with Gasteiger partial charge in [-0.05, 0) is 22.4 Å². The van der Waals surface area contributed by atoms with Crippen molar-refractivity contribution >= 4 is 31.9 Å². The predicted octanol–water partition coefficient (Wildman–Crippen LogP) is 2.70. The third kappa shape index (κ3) is 4.45. The minimum Gasteiger partial charge on any atom is -0.475 e. The molecule has 1 N–H and O–H groups in total. The highest BCUT2D eigenvalue weighted by Crippen LogP contribution is 2.30. The number of furan rings is 1. The number of hydrogen-bond acceptors (Lipinski definition) is 4. The van der Waals surface area contributed by atoms with Crippen molar-refractivity contribution in [2.45, 2.75) is 24.4 Å². The lowest BCUT2D eigenvalue weighted by molar-refractivity contribution is -0.136. The highest BCUT2D eigenvalue weighted by Gasteiger charge is 2.38. The van der Waals surface area contributed by atoms with E-state index in [2.05, 4.69) is 20.3 Å². The van der Waals surface area contributed by atoms with Crippen LogP contribution in [0, 0.1) is 0 Å². The molecule has 0 radical (unpaired) electrons. The molecule has 6 nitrogen and oxygen atoms in total. The topological polar surface area (TPSA) is 87.8 Å². The summed E-state index contributed by atoms with van der Waals surface area (Å²) in [4.78, 5) is 10.1. The van der Waals surface area contributed by atoms with Crippen molar-refractivity contribution in [2.75, 3.05) is 13.1 Å². The standard InChI is InChI=1S/C10H11BrF3NO5S/c1-2-3-15(5-10(12,13)14)21(18,19)7-4-6(9(16)17)20-8(7)11/h4H,2-3,5H2,1H3,(H,16,17). The number of carboxylic acids is 1. The van der Waals surface area contributed by atoms with Crippen molar-refractivity contribution in [3.8, 4) is 0 Å².